The van der Waals surface area contributed by atoms with Gasteiger partial charge in [-0.25, -0.2) is 4.79 Å². The molecule has 26 heavy (non-hydrogen) atoms. The van der Waals surface area contributed by atoms with Gasteiger partial charge in [-0.1, -0.05) is 35.9 Å². The zero-order valence-electron chi connectivity index (χ0n) is 13.7. The van der Waals surface area contributed by atoms with Crippen molar-refractivity contribution < 1.29 is 18.7 Å². The minimum absolute atomic E-state index is 0.00155. The third kappa shape index (κ3) is 3.39. The van der Waals surface area contributed by atoms with Gasteiger partial charge in [0.25, 0.3) is 5.91 Å². The fourth-order valence-electron chi connectivity index (χ4n) is 2.48. The number of amides is 1. The van der Waals surface area contributed by atoms with Crippen LogP contribution in [0.2, 0.25) is 5.02 Å². The lowest BCUT2D eigenvalue weighted by atomic mass is 10.1. The Morgan fingerprint density at radius 1 is 1.23 bits per heavy atom. The van der Waals surface area contributed by atoms with Gasteiger partial charge in [0.15, 0.2) is 12.2 Å². The molecule has 3 rings (SSSR count). The van der Waals surface area contributed by atoms with Crippen molar-refractivity contribution in [2.24, 2.45) is 0 Å². The highest BCUT2D eigenvalue weighted by Gasteiger charge is 2.21. The smallest absolute Gasteiger partial charge is 0.375 e. The Bertz CT molecular complexity index is 1050. The van der Waals surface area contributed by atoms with Crippen molar-refractivity contribution in [2.75, 3.05) is 11.9 Å². The fourth-order valence-corrected chi connectivity index (χ4v) is 2.69. The molecular weight excluding hydrogens is 356 g/mol. The predicted octanol–water partition coefficient (Wildman–Crippen LogP) is 4.06. The van der Waals surface area contributed by atoms with Gasteiger partial charge in [-0.3, -0.25) is 4.79 Å². The minimum atomic E-state index is -0.765. The first-order valence-electron chi connectivity index (χ1n) is 7.65. The number of anilines is 1. The number of rotatable bonds is 4. The van der Waals surface area contributed by atoms with Crippen molar-refractivity contribution >= 4 is 40.1 Å². The second kappa shape index (κ2) is 7.30. The van der Waals surface area contributed by atoms with Crippen LogP contribution in [0.5, 0.6) is 0 Å². The average molecular weight is 369 g/mol. The van der Waals surface area contributed by atoms with Crippen LogP contribution in [0.4, 0.5) is 5.69 Å². The maximum Gasteiger partial charge on any atom is 0.375 e. The molecule has 3 aromatic rings. The van der Waals surface area contributed by atoms with Crippen LogP contribution in [0, 0.1) is 18.3 Å². The summed E-state index contributed by atoms with van der Waals surface area (Å²) in [5, 5.41) is 12.6. The number of carbonyl (C=O) groups excluding carboxylic acids is 2. The summed E-state index contributed by atoms with van der Waals surface area (Å²) in [5.74, 6) is -1.33. The number of halogens is 1. The highest BCUT2D eigenvalue weighted by Crippen LogP contribution is 2.31. The number of furan rings is 1. The van der Waals surface area contributed by atoms with Crippen LogP contribution in [0.1, 0.15) is 21.7 Å². The lowest BCUT2D eigenvalue weighted by Gasteiger charge is -2.07. The van der Waals surface area contributed by atoms with Crippen LogP contribution in [-0.4, -0.2) is 18.5 Å². The number of esters is 1. The third-order valence-electron chi connectivity index (χ3n) is 3.76. The van der Waals surface area contributed by atoms with E-state index >= 15 is 0 Å². The summed E-state index contributed by atoms with van der Waals surface area (Å²) >= 11 is 6.06. The standard InChI is InChI=1S/C19H13ClN2O4/c1-11-13-6-4-7-14(20)18(13)26-17(11)19(24)25-10-16(23)22-15-8-3-2-5-12(15)9-21/h2-8H,10H2,1H3,(H,22,23). The fraction of sp³-hybridized carbons (Fsp3) is 0.105. The van der Waals surface area contributed by atoms with Gasteiger partial charge in [-0.05, 0) is 25.1 Å². The summed E-state index contributed by atoms with van der Waals surface area (Å²) in [6, 6.07) is 13.7. The molecular formula is C19H13ClN2O4. The van der Waals surface area contributed by atoms with E-state index in [2.05, 4.69) is 5.32 Å². The molecule has 0 saturated heterocycles. The van der Waals surface area contributed by atoms with Gasteiger partial charge < -0.3 is 14.5 Å². The zero-order chi connectivity index (χ0) is 18.7. The second-order valence-electron chi connectivity index (χ2n) is 5.45. The molecule has 0 saturated carbocycles. The van der Waals surface area contributed by atoms with E-state index in [4.69, 9.17) is 26.0 Å². The Hall–Kier alpha value is -3.30. The summed E-state index contributed by atoms with van der Waals surface area (Å²) in [7, 11) is 0. The summed E-state index contributed by atoms with van der Waals surface area (Å²) < 4.78 is 10.5. The van der Waals surface area contributed by atoms with Crippen LogP contribution in [0.3, 0.4) is 0 Å². The Morgan fingerprint density at radius 2 is 2.00 bits per heavy atom. The van der Waals surface area contributed by atoms with E-state index in [1.54, 1.807) is 49.4 Å². The SMILES string of the molecule is Cc1c(C(=O)OCC(=O)Nc2ccccc2C#N)oc2c(Cl)cccc12. The van der Waals surface area contributed by atoms with Crippen LogP contribution < -0.4 is 5.32 Å². The van der Waals surface area contributed by atoms with Crippen LogP contribution >= 0.6 is 11.6 Å². The van der Waals surface area contributed by atoms with Gasteiger partial charge in [0.2, 0.25) is 5.76 Å². The molecule has 130 valence electrons. The zero-order valence-corrected chi connectivity index (χ0v) is 14.5. The van der Waals surface area contributed by atoms with E-state index in [0.717, 1.165) is 0 Å². The van der Waals surface area contributed by atoms with E-state index in [1.807, 2.05) is 6.07 Å². The van der Waals surface area contributed by atoms with Crippen LogP contribution in [0.25, 0.3) is 11.0 Å². The van der Waals surface area contributed by atoms with Gasteiger partial charge in [0.05, 0.1) is 16.3 Å². The molecule has 0 bridgehead atoms. The monoisotopic (exact) mass is 368 g/mol. The molecule has 7 heteroatoms. The van der Waals surface area contributed by atoms with Crippen molar-refractivity contribution in [3.05, 3.63) is 64.4 Å². The molecule has 1 heterocycles. The number of hydrogen-bond acceptors (Lipinski definition) is 5. The molecule has 6 nitrogen and oxygen atoms in total. The predicted molar refractivity (Wildman–Crippen MR) is 96.0 cm³/mol. The van der Waals surface area contributed by atoms with Gasteiger partial charge >= 0.3 is 5.97 Å². The first kappa shape index (κ1) is 17.5. The lowest BCUT2D eigenvalue weighted by molar-refractivity contribution is -0.119. The number of hydrogen-bond donors (Lipinski definition) is 1. The van der Waals surface area contributed by atoms with Gasteiger partial charge in [0.1, 0.15) is 6.07 Å². The highest BCUT2D eigenvalue weighted by atomic mass is 35.5. The number of ether oxygens (including phenoxy) is 1. The summed E-state index contributed by atoms with van der Waals surface area (Å²) in [4.78, 5) is 24.2. The summed E-state index contributed by atoms with van der Waals surface area (Å²) in [6.07, 6.45) is 0. The van der Waals surface area contributed by atoms with E-state index in [1.165, 1.54) is 0 Å². The third-order valence-corrected chi connectivity index (χ3v) is 4.05. The van der Waals surface area contributed by atoms with Crippen LogP contribution in [-0.2, 0) is 9.53 Å². The number of benzene rings is 2. The normalized spacial score (nSPS) is 10.3. The molecule has 1 amide bonds. The maximum absolute atomic E-state index is 12.2. The lowest BCUT2D eigenvalue weighted by Crippen LogP contribution is -2.21. The molecule has 0 aliphatic rings. The Morgan fingerprint density at radius 3 is 2.73 bits per heavy atom. The molecule has 0 radical (unpaired) electrons. The van der Waals surface area contributed by atoms with E-state index in [0.29, 0.717) is 32.8 Å². The Labute approximate surface area is 153 Å². The van der Waals surface area contributed by atoms with E-state index < -0.39 is 18.5 Å². The molecule has 0 atom stereocenters. The van der Waals surface area contributed by atoms with Crippen molar-refractivity contribution in [1.29, 1.82) is 5.26 Å². The molecule has 2 aromatic carbocycles. The minimum Gasteiger partial charge on any atom is -0.450 e. The number of aryl methyl sites for hydroxylation is 1. The Kier molecular flexibility index (Phi) is 4.92. The second-order valence-corrected chi connectivity index (χ2v) is 5.86. The first-order chi connectivity index (χ1) is 12.5. The van der Waals surface area contributed by atoms with Crippen molar-refractivity contribution in [3.8, 4) is 6.07 Å². The van der Waals surface area contributed by atoms with Gasteiger partial charge in [-0.2, -0.15) is 5.26 Å². The van der Waals surface area contributed by atoms with Gasteiger partial charge in [0, 0.05) is 10.9 Å². The number of fused-ring (bicyclic) bond motifs is 1. The summed E-state index contributed by atoms with van der Waals surface area (Å²) in [6.45, 7) is 1.20. The number of para-hydroxylation sites is 2. The number of nitrogens with one attached hydrogen (secondary N) is 1. The molecule has 0 spiro atoms. The topological polar surface area (TPSA) is 92.3 Å². The van der Waals surface area contributed by atoms with E-state index in [-0.39, 0.29) is 5.76 Å². The molecule has 1 N–H and O–H groups in total. The van der Waals surface area contributed by atoms with Crippen molar-refractivity contribution in [2.45, 2.75) is 6.92 Å². The van der Waals surface area contributed by atoms with Crippen molar-refractivity contribution in [1.82, 2.24) is 0 Å². The molecule has 0 aliphatic heterocycles. The molecule has 0 aliphatic carbocycles. The molecule has 0 unspecified atom stereocenters. The largest absolute Gasteiger partial charge is 0.450 e. The average Bonchev–Trinajstić information content (AvgIpc) is 2.98. The van der Waals surface area contributed by atoms with Crippen LogP contribution in [0.15, 0.2) is 46.9 Å². The number of nitriles is 1. The highest BCUT2D eigenvalue weighted by molar-refractivity contribution is 6.35. The Balaban J connectivity index is 1.69. The van der Waals surface area contributed by atoms with E-state index in [9.17, 15) is 9.59 Å². The van der Waals surface area contributed by atoms with Crippen molar-refractivity contribution in [3.63, 3.8) is 0 Å². The maximum atomic E-state index is 12.2. The first-order valence-corrected chi connectivity index (χ1v) is 8.02. The molecule has 0 fully saturated rings. The summed E-state index contributed by atoms with van der Waals surface area (Å²) in [5.41, 5.74) is 1.64. The quantitative estimate of drug-likeness (QED) is 0.701. The number of carbonyl (C=O) groups is 2. The molecule has 1 aromatic heterocycles. The number of nitrogens with zero attached hydrogens (tertiary/aromatic N) is 1. The van der Waals surface area contributed by atoms with Gasteiger partial charge in [-0.15, -0.1) is 0 Å².